The fourth-order valence-electron chi connectivity index (χ4n) is 1.50. The molecule has 0 N–H and O–H groups in total. The van der Waals surface area contributed by atoms with Crippen molar-refractivity contribution in [3.63, 3.8) is 0 Å². The van der Waals surface area contributed by atoms with Gasteiger partial charge in [-0.1, -0.05) is 19.8 Å². The van der Waals surface area contributed by atoms with Crippen LogP contribution in [0.2, 0.25) is 13.1 Å². The molecule has 0 bridgehead atoms. The lowest BCUT2D eigenvalue weighted by atomic mass is 9.93. The van der Waals surface area contributed by atoms with Gasteiger partial charge in [0.05, 0.1) is 5.60 Å². The van der Waals surface area contributed by atoms with E-state index in [-0.39, 0.29) is 0 Å². The minimum Gasteiger partial charge on any atom is -0.408 e. The van der Waals surface area contributed by atoms with E-state index < -0.39 is 20.7 Å². The number of hydrogen-bond acceptors (Lipinski definition) is 3. The Morgan fingerprint density at radius 3 is 2.40 bits per heavy atom. The fraction of sp³-hybridized carbons (Fsp3) is 0.909. The van der Waals surface area contributed by atoms with Crippen LogP contribution in [-0.2, 0) is 14.0 Å². The third kappa shape index (κ3) is 4.91. The Morgan fingerprint density at radius 1 is 1.47 bits per heavy atom. The van der Waals surface area contributed by atoms with Gasteiger partial charge in [0, 0.05) is 7.11 Å². The molecule has 90 valence electrons. The highest BCUT2D eigenvalue weighted by Gasteiger charge is 2.34. The molecule has 0 fully saturated rings. The van der Waals surface area contributed by atoms with E-state index in [1.807, 2.05) is 6.92 Å². The van der Waals surface area contributed by atoms with Gasteiger partial charge in [0.2, 0.25) is 0 Å². The molecule has 15 heavy (non-hydrogen) atoms. The second-order valence-corrected chi connectivity index (χ2v) is 6.73. The average molecular weight is 232 g/mol. The molecule has 0 amide bonds. The van der Waals surface area contributed by atoms with Crippen molar-refractivity contribution < 1.29 is 14.0 Å². The zero-order chi connectivity index (χ0) is 11.9. The first-order valence-corrected chi connectivity index (χ1v) is 8.44. The summed E-state index contributed by atoms with van der Waals surface area (Å²) in [6.45, 7) is 8.21. The molecule has 0 aliphatic rings. The summed E-state index contributed by atoms with van der Waals surface area (Å²) in [5.41, 5.74) is -0.463. The maximum absolute atomic E-state index is 11.0. The van der Waals surface area contributed by atoms with E-state index in [4.69, 9.17) is 9.16 Å². The summed E-state index contributed by atoms with van der Waals surface area (Å²) in [4.78, 5) is 11.0. The maximum atomic E-state index is 11.0. The maximum Gasteiger partial charge on any atom is 0.172 e. The van der Waals surface area contributed by atoms with Crippen molar-refractivity contribution in [3.05, 3.63) is 0 Å². The van der Waals surface area contributed by atoms with E-state index in [0.717, 1.165) is 25.5 Å². The van der Waals surface area contributed by atoms with Gasteiger partial charge in [-0.3, -0.25) is 0 Å². The Labute approximate surface area is 94.9 Å². The lowest BCUT2D eigenvalue weighted by Gasteiger charge is -2.34. The van der Waals surface area contributed by atoms with Gasteiger partial charge in [-0.05, 0) is 26.4 Å². The molecule has 0 heterocycles. The summed E-state index contributed by atoms with van der Waals surface area (Å²) in [7, 11) is 0.445. The van der Waals surface area contributed by atoms with Gasteiger partial charge in [-0.25, -0.2) is 0 Å². The average Bonchev–Trinajstić information content (AvgIpc) is 2.22. The lowest BCUT2D eigenvalue weighted by Crippen LogP contribution is -2.46. The van der Waals surface area contributed by atoms with Crippen molar-refractivity contribution in [2.45, 2.75) is 57.9 Å². The van der Waals surface area contributed by atoms with Crippen LogP contribution in [0.3, 0.4) is 0 Å². The minimum absolute atomic E-state index is 0.416. The number of hydrogen-bond donors (Lipinski definition) is 0. The molecule has 0 aliphatic heterocycles. The van der Waals surface area contributed by atoms with Crippen molar-refractivity contribution in [2.75, 3.05) is 7.11 Å². The first-order valence-electron chi connectivity index (χ1n) is 5.66. The van der Waals surface area contributed by atoms with Gasteiger partial charge in [-0.15, -0.1) is 0 Å². The lowest BCUT2D eigenvalue weighted by molar-refractivity contribution is -0.131. The SMILES string of the molecule is CCCCC(C)(OC)C(C=O)O[SiH](C)C. The smallest absolute Gasteiger partial charge is 0.172 e. The predicted octanol–water partition coefficient (Wildman–Crippen LogP) is 2.15. The Balaban J connectivity index is 4.48. The quantitative estimate of drug-likeness (QED) is 0.475. The summed E-state index contributed by atoms with van der Waals surface area (Å²) in [6, 6.07) is 0. The molecule has 0 aromatic rings. The molecule has 0 radical (unpaired) electrons. The third-order valence-electron chi connectivity index (χ3n) is 2.64. The van der Waals surface area contributed by atoms with Crippen molar-refractivity contribution >= 4 is 15.3 Å². The summed E-state index contributed by atoms with van der Waals surface area (Å²) in [5, 5.41) is 0. The third-order valence-corrected chi connectivity index (χ3v) is 3.47. The van der Waals surface area contributed by atoms with Gasteiger partial charge in [-0.2, -0.15) is 0 Å². The van der Waals surface area contributed by atoms with E-state index >= 15 is 0 Å². The van der Waals surface area contributed by atoms with Crippen LogP contribution >= 0.6 is 0 Å². The highest BCUT2D eigenvalue weighted by Crippen LogP contribution is 2.24. The number of unbranched alkanes of at least 4 members (excludes halogenated alkanes) is 1. The van der Waals surface area contributed by atoms with Gasteiger partial charge in [0.15, 0.2) is 9.04 Å². The number of carbonyl (C=O) groups is 1. The van der Waals surface area contributed by atoms with Crippen molar-refractivity contribution in [1.29, 1.82) is 0 Å². The van der Waals surface area contributed by atoms with Crippen LogP contribution in [0.25, 0.3) is 0 Å². The van der Waals surface area contributed by atoms with E-state index in [0.29, 0.717) is 0 Å². The van der Waals surface area contributed by atoms with Gasteiger partial charge >= 0.3 is 0 Å². The monoisotopic (exact) mass is 232 g/mol. The number of ether oxygens (including phenoxy) is 1. The molecule has 0 aliphatic carbocycles. The Kier molecular flexibility index (Phi) is 7.05. The Bertz CT molecular complexity index is 185. The van der Waals surface area contributed by atoms with Crippen LogP contribution in [0.4, 0.5) is 0 Å². The molecular weight excluding hydrogens is 208 g/mol. The minimum atomic E-state index is -1.20. The number of rotatable bonds is 8. The van der Waals surface area contributed by atoms with E-state index in [2.05, 4.69) is 20.0 Å². The molecule has 0 rings (SSSR count). The normalized spacial score (nSPS) is 17.5. The van der Waals surface area contributed by atoms with Gasteiger partial charge < -0.3 is 14.0 Å². The molecule has 0 spiro atoms. The molecule has 0 aromatic heterocycles. The first kappa shape index (κ1) is 14.8. The predicted molar refractivity (Wildman–Crippen MR) is 64.8 cm³/mol. The zero-order valence-electron chi connectivity index (χ0n) is 10.6. The van der Waals surface area contributed by atoms with Gasteiger partial charge in [0.1, 0.15) is 12.4 Å². The van der Waals surface area contributed by atoms with E-state index in [1.54, 1.807) is 7.11 Å². The molecular formula is C11H24O3Si. The fourth-order valence-corrected chi connectivity index (χ4v) is 2.44. The standard InChI is InChI=1S/C11H24O3Si/c1-6-7-8-11(2,13-3)10(9-12)14-15(4)5/h9-10,15H,6-8H2,1-5H3. The van der Waals surface area contributed by atoms with E-state index in [1.165, 1.54) is 0 Å². The second kappa shape index (κ2) is 7.14. The summed E-state index contributed by atoms with van der Waals surface area (Å²) in [6.07, 6.45) is 3.48. The largest absolute Gasteiger partial charge is 0.408 e. The molecule has 2 unspecified atom stereocenters. The van der Waals surface area contributed by atoms with Crippen molar-refractivity contribution in [3.8, 4) is 0 Å². The number of methoxy groups -OCH3 is 1. The van der Waals surface area contributed by atoms with Crippen LogP contribution in [0.15, 0.2) is 0 Å². The van der Waals surface area contributed by atoms with Crippen molar-refractivity contribution in [2.24, 2.45) is 0 Å². The molecule has 2 atom stereocenters. The topological polar surface area (TPSA) is 35.5 Å². The van der Waals surface area contributed by atoms with E-state index in [9.17, 15) is 4.79 Å². The molecule has 3 nitrogen and oxygen atoms in total. The summed E-state index contributed by atoms with van der Waals surface area (Å²) in [5.74, 6) is 0. The summed E-state index contributed by atoms with van der Waals surface area (Å²) >= 11 is 0. The van der Waals surface area contributed by atoms with Crippen LogP contribution in [-0.4, -0.2) is 34.1 Å². The van der Waals surface area contributed by atoms with Gasteiger partial charge in [0.25, 0.3) is 0 Å². The highest BCUT2D eigenvalue weighted by atomic mass is 28.3. The van der Waals surface area contributed by atoms with Crippen molar-refractivity contribution in [1.82, 2.24) is 0 Å². The molecule has 0 aromatic carbocycles. The second-order valence-electron chi connectivity index (χ2n) is 4.36. The first-order chi connectivity index (χ1) is 7.00. The Hall–Kier alpha value is -0.193. The zero-order valence-corrected chi connectivity index (χ0v) is 11.7. The highest BCUT2D eigenvalue weighted by molar-refractivity contribution is 6.48. The van der Waals surface area contributed by atoms with Crippen LogP contribution < -0.4 is 0 Å². The summed E-state index contributed by atoms with van der Waals surface area (Å²) < 4.78 is 11.2. The molecule has 0 saturated heterocycles. The molecule has 4 heteroatoms. The van der Waals surface area contributed by atoms with Crippen LogP contribution in [0.1, 0.15) is 33.1 Å². The number of aldehydes is 1. The van der Waals surface area contributed by atoms with Crippen LogP contribution in [0.5, 0.6) is 0 Å². The number of carbonyl (C=O) groups excluding carboxylic acids is 1. The Morgan fingerprint density at radius 2 is 2.07 bits per heavy atom. The molecule has 0 saturated carbocycles. The van der Waals surface area contributed by atoms with Crippen LogP contribution in [0, 0.1) is 0 Å².